The van der Waals surface area contributed by atoms with E-state index in [1.54, 1.807) is 18.2 Å². The first-order valence-corrected chi connectivity index (χ1v) is 10.3. The summed E-state index contributed by atoms with van der Waals surface area (Å²) in [6, 6.07) is 7.95. The van der Waals surface area contributed by atoms with E-state index in [1.807, 2.05) is 13.8 Å². The fourth-order valence-corrected chi connectivity index (χ4v) is 3.09. The summed E-state index contributed by atoms with van der Waals surface area (Å²) < 4.78 is 27.2. The third kappa shape index (κ3) is 5.95. The number of amides is 1. The highest BCUT2D eigenvalue weighted by atomic mass is 35.5. The highest BCUT2D eigenvalue weighted by Gasteiger charge is 2.19. The van der Waals surface area contributed by atoms with Gasteiger partial charge in [0.25, 0.3) is 5.91 Å². The highest BCUT2D eigenvalue weighted by molar-refractivity contribution is 6.32. The number of carbonyl (C=O) groups is 2. The molecule has 2 aromatic rings. The largest absolute Gasteiger partial charge is 0.490 e. The average Bonchev–Trinajstić information content (AvgIpc) is 2.77. The number of nitrogens with one attached hydrogen (secondary N) is 1. The Morgan fingerprint density at radius 3 is 2.58 bits per heavy atom. The second-order valence-corrected chi connectivity index (χ2v) is 6.96. The number of hydrogen-bond acceptors (Lipinski definition) is 7. The van der Waals surface area contributed by atoms with Crippen molar-refractivity contribution in [2.24, 2.45) is 0 Å². The Morgan fingerprint density at radius 2 is 1.84 bits per heavy atom. The standard InChI is InChI=1S/C22H24ClNO7/c1-3-7-30-21-16(23)10-14(11-19(21)27-4-2)22(26)31-13-20(25)24-15-5-6-17-18(12-15)29-9-8-28-17/h5-6,10-12H,3-4,7-9,13H2,1-2H3,(H,24,25). The van der Waals surface area contributed by atoms with Gasteiger partial charge < -0.3 is 29.0 Å². The van der Waals surface area contributed by atoms with Gasteiger partial charge in [-0.2, -0.15) is 0 Å². The minimum atomic E-state index is -0.706. The van der Waals surface area contributed by atoms with Gasteiger partial charge in [-0.3, -0.25) is 4.79 Å². The fraction of sp³-hybridized carbons (Fsp3) is 0.364. The van der Waals surface area contributed by atoms with Crippen molar-refractivity contribution in [3.63, 3.8) is 0 Å². The zero-order valence-corrected chi connectivity index (χ0v) is 18.1. The van der Waals surface area contributed by atoms with Crippen molar-refractivity contribution in [2.75, 3.05) is 38.4 Å². The van der Waals surface area contributed by atoms with E-state index in [9.17, 15) is 9.59 Å². The van der Waals surface area contributed by atoms with Crippen molar-refractivity contribution < 1.29 is 33.3 Å². The molecule has 8 nitrogen and oxygen atoms in total. The minimum absolute atomic E-state index is 0.157. The maximum atomic E-state index is 12.4. The Hall–Kier alpha value is -3.13. The summed E-state index contributed by atoms with van der Waals surface area (Å²) in [6.07, 6.45) is 0.796. The third-order valence-electron chi connectivity index (χ3n) is 4.16. The van der Waals surface area contributed by atoms with Crippen LogP contribution in [0.25, 0.3) is 0 Å². The number of hydrogen-bond donors (Lipinski definition) is 1. The molecule has 31 heavy (non-hydrogen) atoms. The van der Waals surface area contributed by atoms with Gasteiger partial charge in [-0.1, -0.05) is 18.5 Å². The van der Waals surface area contributed by atoms with E-state index in [0.29, 0.717) is 55.1 Å². The van der Waals surface area contributed by atoms with Crippen LogP contribution >= 0.6 is 11.6 Å². The van der Waals surface area contributed by atoms with Crippen LogP contribution in [0.15, 0.2) is 30.3 Å². The number of anilines is 1. The zero-order chi connectivity index (χ0) is 22.2. The number of esters is 1. The van der Waals surface area contributed by atoms with E-state index >= 15 is 0 Å². The van der Waals surface area contributed by atoms with Crippen LogP contribution in [-0.4, -0.2) is 44.9 Å². The van der Waals surface area contributed by atoms with E-state index in [-0.39, 0.29) is 10.6 Å². The van der Waals surface area contributed by atoms with Gasteiger partial charge in [-0.25, -0.2) is 4.79 Å². The molecule has 0 aliphatic carbocycles. The van der Waals surface area contributed by atoms with Crippen molar-refractivity contribution in [3.05, 3.63) is 40.9 Å². The van der Waals surface area contributed by atoms with Gasteiger partial charge in [0.15, 0.2) is 29.6 Å². The Labute approximate surface area is 185 Å². The summed E-state index contributed by atoms with van der Waals surface area (Å²) in [5.41, 5.74) is 0.661. The lowest BCUT2D eigenvalue weighted by molar-refractivity contribution is -0.119. The molecule has 2 aromatic carbocycles. The molecule has 1 aliphatic heterocycles. The molecule has 166 valence electrons. The van der Waals surface area contributed by atoms with Crippen LogP contribution in [-0.2, 0) is 9.53 Å². The Bertz CT molecular complexity index is 948. The Morgan fingerprint density at radius 1 is 1.06 bits per heavy atom. The number of benzene rings is 2. The summed E-state index contributed by atoms with van der Waals surface area (Å²) in [6.45, 7) is 5.06. The molecular weight excluding hydrogens is 426 g/mol. The molecule has 0 saturated carbocycles. The molecule has 0 radical (unpaired) electrons. The number of ether oxygens (including phenoxy) is 5. The second-order valence-electron chi connectivity index (χ2n) is 6.55. The summed E-state index contributed by atoms with van der Waals surface area (Å²) >= 11 is 6.26. The molecule has 0 saturated heterocycles. The predicted octanol–water partition coefficient (Wildman–Crippen LogP) is 4.09. The number of rotatable bonds is 9. The Kier molecular flexibility index (Phi) is 7.83. The molecule has 1 amide bonds. The van der Waals surface area contributed by atoms with Crippen LogP contribution in [0, 0.1) is 0 Å². The normalized spacial score (nSPS) is 12.1. The van der Waals surface area contributed by atoms with Crippen LogP contribution in [0.5, 0.6) is 23.0 Å². The quantitative estimate of drug-likeness (QED) is 0.576. The van der Waals surface area contributed by atoms with E-state index in [0.717, 1.165) is 6.42 Å². The monoisotopic (exact) mass is 449 g/mol. The van der Waals surface area contributed by atoms with Crippen LogP contribution in [0.2, 0.25) is 5.02 Å². The SMILES string of the molecule is CCCOc1c(Cl)cc(C(=O)OCC(=O)Nc2ccc3c(c2)OCCO3)cc1OCC. The lowest BCUT2D eigenvalue weighted by atomic mass is 10.2. The molecule has 0 spiro atoms. The lowest BCUT2D eigenvalue weighted by Gasteiger charge is -2.19. The van der Waals surface area contributed by atoms with Gasteiger partial charge in [0.2, 0.25) is 0 Å². The second kappa shape index (κ2) is 10.8. The molecule has 0 fully saturated rings. The van der Waals surface area contributed by atoms with Crippen molar-refractivity contribution in [1.82, 2.24) is 0 Å². The summed E-state index contributed by atoms with van der Waals surface area (Å²) in [5, 5.41) is 2.88. The summed E-state index contributed by atoms with van der Waals surface area (Å²) in [5.74, 6) is 0.675. The fourth-order valence-electron chi connectivity index (χ4n) is 2.83. The molecule has 1 heterocycles. The van der Waals surface area contributed by atoms with Crippen molar-refractivity contribution in [3.8, 4) is 23.0 Å². The van der Waals surface area contributed by atoms with Crippen molar-refractivity contribution in [2.45, 2.75) is 20.3 Å². The molecule has 0 bridgehead atoms. The molecule has 1 aliphatic rings. The zero-order valence-electron chi connectivity index (χ0n) is 17.4. The first-order valence-electron chi connectivity index (χ1n) is 9.97. The van der Waals surface area contributed by atoms with Gasteiger partial charge in [0, 0.05) is 11.8 Å². The average molecular weight is 450 g/mol. The van der Waals surface area contributed by atoms with Gasteiger partial charge in [0.1, 0.15) is 13.2 Å². The molecule has 0 aromatic heterocycles. The number of halogens is 1. The van der Waals surface area contributed by atoms with Gasteiger partial charge in [-0.15, -0.1) is 0 Å². The highest BCUT2D eigenvalue weighted by Crippen LogP contribution is 2.37. The van der Waals surface area contributed by atoms with E-state index in [1.165, 1.54) is 12.1 Å². The predicted molar refractivity (Wildman–Crippen MR) is 115 cm³/mol. The minimum Gasteiger partial charge on any atom is -0.490 e. The molecule has 9 heteroatoms. The lowest BCUT2D eigenvalue weighted by Crippen LogP contribution is -2.21. The number of carbonyl (C=O) groups excluding carboxylic acids is 2. The van der Waals surface area contributed by atoms with Crippen LogP contribution < -0.4 is 24.3 Å². The first-order chi connectivity index (χ1) is 15.0. The maximum Gasteiger partial charge on any atom is 0.338 e. The van der Waals surface area contributed by atoms with E-state index in [4.69, 9.17) is 35.3 Å². The molecular formula is C22H24ClNO7. The first kappa shape index (κ1) is 22.6. The summed E-state index contributed by atoms with van der Waals surface area (Å²) in [4.78, 5) is 24.6. The van der Waals surface area contributed by atoms with Crippen molar-refractivity contribution >= 4 is 29.2 Å². The van der Waals surface area contributed by atoms with E-state index < -0.39 is 18.5 Å². The molecule has 0 unspecified atom stereocenters. The third-order valence-corrected chi connectivity index (χ3v) is 4.44. The van der Waals surface area contributed by atoms with Crippen LogP contribution in [0.3, 0.4) is 0 Å². The van der Waals surface area contributed by atoms with Crippen LogP contribution in [0.1, 0.15) is 30.6 Å². The molecule has 1 N–H and O–H groups in total. The topological polar surface area (TPSA) is 92.3 Å². The summed E-state index contributed by atoms with van der Waals surface area (Å²) in [7, 11) is 0. The smallest absolute Gasteiger partial charge is 0.338 e. The van der Waals surface area contributed by atoms with Crippen LogP contribution in [0.4, 0.5) is 5.69 Å². The van der Waals surface area contributed by atoms with Gasteiger partial charge >= 0.3 is 5.97 Å². The maximum absolute atomic E-state index is 12.4. The van der Waals surface area contributed by atoms with Crippen molar-refractivity contribution in [1.29, 1.82) is 0 Å². The van der Waals surface area contributed by atoms with Gasteiger partial charge in [-0.05, 0) is 37.6 Å². The van der Waals surface area contributed by atoms with E-state index in [2.05, 4.69) is 5.32 Å². The Balaban J connectivity index is 1.61. The number of fused-ring (bicyclic) bond motifs is 1. The molecule has 3 rings (SSSR count). The molecule has 0 atom stereocenters. The van der Waals surface area contributed by atoms with Gasteiger partial charge in [0.05, 0.1) is 23.8 Å².